The summed E-state index contributed by atoms with van der Waals surface area (Å²) in [7, 11) is 0. The fraction of sp³-hybridized carbons (Fsp3) is 0.900. The maximum Gasteiger partial charge on any atom is 0.0692 e. The average Bonchev–Trinajstić information content (AvgIpc) is 2.83. The van der Waals surface area contributed by atoms with Crippen LogP contribution < -0.4 is 0 Å². The third-order valence-corrected chi connectivity index (χ3v) is 3.42. The lowest BCUT2D eigenvalue weighted by Gasteiger charge is -2.05. The molecule has 2 atom stereocenters. The van der Waals surface area contributed by atoms with E-state index >= 15 is 0 Å². The summed E-state index contributed by atoms with van der Waals surface area (Å²) in [6, 6.07) is 2.50. The zero-order valence-corrected chi connectivity index (χ0v) is 7.30. The summed E-state index contributed by atoms with van der Waals surface area (Å²) in [6.45, 7) is 4.55. The van der Waals surface area contributed by atoms with Crippen LogP contribution >= 0.6 is 0 Å². The second-order valence-electron chi connectivity index (χ2n) is 4.52. The van der Waals surface area contributed by atoms with Crippen molar-refractivity contribution in [1.29, 1.82) is 5.26 Å². The van der Waals surface area contributed by atoms with Crippen LogP contribution in [0.25, 0.3) is 0 Å². The van der Waals surface area contributed by atoms with Crippen LogP contribution in [-0.4, -0.2) is 0 Å². The molecule has 0 radical (unpaired) electrons. The molecular weight excluding hydrogens is 134 g/mol. The van der Waals surface area contributed by atoms with Gasteiger partial charge < -0.3 is 0 Å². The van der Waals surface area contributed by atoms with Gasteiger partial charge in [-0.15, -0.1) is 0 Å². The summed E-state index contributed by atoms with van der Waals surface area (Å²) in [5, 5.41) is 8.92. The molecule has 2 aliphatic rings. The van der Waals surface area contributed by atoms with Crippen molar-refractivity contribution in [3.63, 3.8) is 0 Å². The Balaban J connectivity index is 1.97. The molecule has 2 aliphatic carbocycles. The quantitative estimate of drug-likeness (QED) is 0.592. The normalized spacial score (nSPS) is 38.4. The van der Waals surface area contributed by atoms with Crippen LogP contribution in [0.15, 0.2) is 0 Å². The van der Waals surface area contributed by atoms with Gasteiger partial charge in [0, 0.05) is 0 Å². The van der Waals surface area contributed by atoms with Crippen LogP contribution in [-0.2, 0) is 0 Å². The van der Waals surface area contributed by atoms with Crippen molar-refractivity contribution >= 4 is 0 Å². The van der Waals surface area contributed by atoms with E-state index in [1.165, 1.54) is 19.3 Å². The molecule has 0 amide bonds. The highest BCUT2D eigenvalue weighted by molar-refractivity contribution is 5.19. The molecule has 1 nitrogen and oxygen atoms in total. The summed E-state index contributed by atoms with van der Waals surface area (Å²) >= 11 is 0. The highest BCUT2D eigenvalue weighted by Gasteiger charge is 2.60. The minimum absolute atomic E-state index is 0.162. The molecule has 60 valence electrons. The van der Waals surface area contributed by atoms with E-state index < -0.39 is 0 Å². The highest BCUT2D eigenvalue weighted by Crippen LogP contribution is 2.65. The van der Waals surface area contributed by atoms with Crippen molar-refractivity contribution in [2.75, 3.05) is 0 Å². The molecule has 0 bridgehead atoms. The first-order valence-electron chi connectivity index (χ1n) is 4.61. The fourth-order valence-corrected chi connectivity index (χ4v) is 2.29. The fourth-order valence-electron chi connectivity index (χ4n) is 2.29. The number of hydrogen-bond acceptors (Lipinski definition) is 1. The van der Waals surface area contributed by atoms with Gasteiger partial charge in [0.05, 0.1) is 11.5 Å². The number of hydrogen-bond donors (Lipinski definition) is 0. The van der Waals surface area contributed by atoms with Gasteiger partial charge in [-0.1, -0.05) is 13.8 Å². The van der Waals surface area contributed by atoms with E-state index in [9.17, 15) is 0 Å². The average molecular weight is 149 g/mol. The number of rotatable bonds is 2. The predicted molar refractivity (Wildman–Crippen MR) is 43.7 cm³/mol. The molecule has 0 heterocycles. The third-order valence-electron chi connectivity index (χ3n) is 3.42. The Kier molecular flexibility index (Phi) is 1.30. The van der Waals surface area contributed by atoms with E-state index in [0.29, 0.717) is 0 Å². The molecule has 2 fully saturated rings. The molecule has 1 heteroatoms. The molecule has 2 saturated carbocycles. The summed E-state index contributed by atoms with van der Waals surface area (Å²) in [5.74, 6) is 2.44. The zero-order valence-electron chi connectivity index (χ0n) is 7.30. The maximum atomic E-state index is 8.92. The van der Waals surface area contributed by atoms with Gasteiger partial charge in [0.25, 0.3) is 0 Å². The second kappa shape index (κ2) is 2.00. The Labute approximate surface area is 68.4 Å². The van der Waals surface area contributed by atoms with Gasteiger partial charge in [-0.2, -0.15) is 5.26 Å². The molecule has 0 spiro atoms. The van der Waals surface area contributed by atoms with E-state index in [4.69, 9.17) is 5.26 Å². The summed E-state index contributed by atoms with van der Waals surface area (Å²) in [4.78, 5) is 0. The van der Waals surface area contributed by atoms with Gasteiger partial charge in [-0.3, -0.25) is 0 Å². The van der Waals surface area contributed by atoms with Gasteiger partial charge in [0.15, 0.2) is 0 Å². The van der Waals surface area contributed by atoms with E-state index in [1.807, 2.05) is 0 Å². The van der Waals surface area contributed by atoms with E-state index in [0.717, 1.165) is 17.8 Å². The van der Waals surface area contributed by atoms with Crippen molar-refractivity contribution in [2.24, 2.45) is 23.2 Å². The first-order chi connectivity index (χ1) is 5.19. The minimum atomic E-state index is 0.162. The first kappa shape index (κ1) is 7.16. The van der Waals surface area contributed by atoms with Crippen LogP contribution in [0.2, 0.25) is 0 Å². The summed E-state index contributed by atoms with van der Waals surface area (Å²) < 4.78 is 0. The maximum absolute atomic E-state index is 8.92. The van der Waals surface area contributed by atoms with Crippen molar-refractivity contribution in [3.8, 4) is 6.07 Å². The smallest absolute Gasteiger partial charge is 0.0692 e. The van der Waals surface area contributed by atoms with Gasteiger partial charge in [-0.25, -0.2) is 0 Å². The lowest BCUT2D eigenvalue weighted by Crippen LogP contribution is -2.03. The third kappa shape index (κ3) is 0.965. The van der Waals surface area contributed by atoms with Gasteiger partial charge in [0.2, 0.25) is 0 Å². The van der Waals surface area contributed by atoms with Crippen molar-refractivity contribution in [1.82, 2.24) is 0 Å². The Bertz CT molecular complexity index is 207. The SMILES string of the molecule is CC(C)C1CC1C1(C#N)CC1. The molecule has 0 aromatic heterocycles. The number of nitriles is 1. The highest BCUT2D eigenvalue weighted by atomic mass is 14.6. The Morgan fingerprint density at radius 1 is 1.45 bits per heavy atom. The molecule has 0 N–H and O–H groups in total. The largest absolute Gasteiger partial charge is 0.198 e. The molecule has 0 aromatic carbocycles. The Morgan fingerprint density at radius 3 is 2.36 bits per heavy atom. The van der Waals surface area contributed by atoms with Crippen LogP contribution in [0.5, 0.6) is 0 Å². The molecule has 0 aliphatic heterocycles. The Hall–Kier alpha value is -0.510. The van der Waals surface area contributed by atoms with Crippen molar-refractivity contribution in [3.05, 3.63) is 0 Å². The summed E-state index contributed by atoms with van der Waals surface area (Å²) in [5.41, 5.74) is 0.162. The van der Waals surface area contributed by atoms with Gasteiger partial charge in [0.1, 0.15) is 0 Å². The van der Waals surface area contributed by atoms with Crippen LogP contribution in [0.4, 0.5) is 0 Å². The summed E-state index contributed by atoms with van der Waals surface area (Å²) in [6.07, 6.45) is 3.68. The molecule has 0 aromatic rings. The Morgan fingerprint density at radius 2 is 2.09 bits per heavy atom. The van der Waals surface area contributed by atoms with E-state index in [1.54, 1.807) is 0 Å². The zero-order chi connectivity index (χ0) is 8.06. The standard InChI is InChI=1S/C10H15N/c1-7(2)8-5-9(8)10(6-11)3-4-10/h7-9H,3-5H2,1-2H3. The monoisotopic (exact) mass is 149 g/mol. The van der Waals surface area contributed by atoms with Crippen LogP contribution in [0.1, 0.15) is 33.1 Å². The predicted octanol–water partition coefficient (Wildman–Crippen LogP) is 2.58. The van der Waals surface area contributed by atoms with Crippen molar-refractivity contribution < 1.29 is 0 Å². The second-order valence-corrected chi connectivity index (χ2v) is 4.52. The molecular formula is C10H15N. The molecule has 0 saturated heterocycles. The van der Waals surface area contributed by atoms with E-state index in [2.05, 4.69) is 19.9 Å². The van der Waals surface area contributed by atoms with E-state index in [-0.39, 0.29) is 5.41 Å². The lowest BCUT2D eigenvalue weighted by molar-refractivity contribution is 0.448. The van der Waals surface area contributed by atoms with Crippen LogP contribution in [0.3, 0.4) is 0 Å². The van der Waals surface area contributed by atoms with Gasteiger partial charge in [-0.05, 0) is 37.0 Å². The topological polar surface area (TPSA) is 23.8 Å². The molecule has 2 unspecified atom stereocenters. The van der Waals surface area contributed by atoms with Crippen molar-refractivity contribution in [2.45, 2.75) is 33.1 Å². The number of nitrogens with zero attached hydrogens (tertiary/aromatic N) is 1. The molecule has 2 rings (SSSR count). The minimum Gasteiger partial charge on any atom is -0.198 e. The van der Waals surface area contributed by atoms with Crippen LogP contribution in [0, 0.1) is 34.5 Å². The molecule has 11 heavy (non-hydrogen) atoms. The first-order valence-corrected chi connectivity index (χ1v) is 4.61. The lowest BCUT2D eigenvalue weighted by atomic mass is 9.97. The van der Waals surface area contributed by atoms with Gasteiger partial charge >= 0.3 is 0 Å².